The number of rotatable bonds is 5. The first kappa shape index (κ1) is 12.0. The van der Waals surface area contributed by atoms with Crippen molar-refractivity contribution in [1.29, 1.82) is 0 Å². The molecule has 0 aliphatic carbocycles. The van der Waals surface area contributed by atoms with Crippen molar-refractivity contribution in [2.45, 2.75) is 46.1 Å². The topological polar surface area (TPSA) is 29.3 Å². The molecule has 0 aromatic rings. The van der Waals surface area contributed by atoms with Crippen LogP contribution in [0, 0.1) is 11.8 Å². The van der Waals surface area contributed by atoms with Crippen LogP contribution in [0.3, 0.4) is 0 Å². The molecule has 0 saturated carbocycles. The van der Waals surface area contributed by atoms with E-state index in [1.165, 1.54) is 32.4 Å². The van der Waals surface area contributed by atoms with Gasteiger partial charge in [-0.05, 0) is 44.7 Å². The molecular formula is C12H26N2. The zero-order chi connectivity index (χ0) is 10.6. The van der Waals surface area contributed by atoms with Gasteiger partial charge < -0.3 is 10.6 Å². The molecule has 2 N–H and O–H groups in total. The fourth-order valence-corrected chi connectivity index (χ4v) is 2.35. The zero-order valence-electron chi connectivity index (χ0n) is 10.00. The SMILES string of the molecule is CCC(C)CC(C)N1CCC(CN)C1. The Morgan fingerprint density at radius 2 is 2.14 bits per heavy atom. The molecule has 84 valence electrons. The van der Waals surface area contributed by atoms with Crippen LogP contribution in [-0.4, -0.2) is 30.6 Å². The van der Waals surface area contributed by atoms with Crippen LogP contribution in [0.4, 0.5) is 0 Å². The van der Waals surface area contributed by atoms with Gasteiger partial charge in [0.25, 0.3) is 0 Å². The summed E-state index contributed by atoms with van der Waals surface area (Å²) in [6, 6.07) is 0.751. The van der Waals surface area contributed by atoms with Gasteiger partial charge in [-0.1, -0.05) is 20.3 Å². The van der Waals surface area contributed by atoms with Crippen LogP contribution in [0.2, 0.25) is 0 Å². The molecular weight excluding hydrogens is 172 g/mol. The number of nitrogens with two attached hydrogens (primary N) is 1. The first-order valence-electron chi connectivity index (χ1n) is 6.11. The molecule has 1 fully saturated rings. The first-order chi connectivity index (χ1) is 6.67. The van der Waals surface area contributed by atoms with Gasteiger partial charge in [0, 0.05) is 12.6 Å². The number of hydrogen-bond acceptors (Lipinski definition) is 2. The van der Waals surface area contributed by atoms with E-state index in [4.69, 9.17) is 5.73 Å². The predicted octanol–water partition coefficient (Wildman–Crippen LogP) is 2.09. The van der Waals surface area contributed by atoms with E-state index in [1.54, 1.807) is 0 Å². The molecule has 0 bridgehead atoms. The average Bonchev–Trinajstić information content (AvgIpc) is 2.65. The second kappa shape index (κ2) is 5.72. The van der Waals surface area contributed by atoms with Gasteiger partial charge in [0.2, 0.25) is 0 Å². The summed E-state index contributed by atoms with van der Waals surface area (Å²) >= 11 is 0. The molecule has 1 aliphatic heterocycles. The lowest BCUT2D eigenvalue weighted by Gasteiger charge is -2.26. The molecule has 14 heavy (non-hydrogen) atoms. The fraction of sp³-hybridized carbons (Fsp3) is 1.00. The quantitative estimate of drug-likeness (QED) is 0.733. The Morgan fingerprint density at radius 1 is 1.43 bits per heavy atom. The fourth-order valence-electron chi connectivity index (χ4n) is 2.35. The van der Waals surface area contributed by atoms with Crippen molar-refractivity contribution in [1.82, 2.24) is 4.90 Å². The summed E-state index contributed by atoms with van der Waals surface area (Å²) in [5, 5.41) is 0. The third-order valence-corrected chi connectivity index (χ3v) is 3.71. The van der Waals surface area contributed by atoms with Crippen molar-refractivity contribution in [2.75, 3.05) is 19.6 Å². The molecule has 1 aliphatic rings. The maximum Gasteiger partial charge on any atom is 0.00695 e. The van der Waals surface area contributed by atoms with Gasteiger partial charge in [0.05, 0.1) is 0 Å². The maximum absolute atomic E-state index is 5.70. The Kier molecular flexibility index (Phi) is 4.90. The van der Waals surface area contributed by atoms with E-state index in [2.05, 4.69) is 25.7 Å². The van der Waals surface area contributed by atoms with Crippen LogP contribution in [0.25, 0.3) is 0 Å². The average molecular weight is 198 g/mol. The van der Waals surface area contributed by atoms with Gasteiger partial charge in [-0.2, -0.15) is 0 Å². The normalized spacial score (nSPS) is 27.9. The number of hydrogen-bond donors (Lipinski definition) is 1. The highest BCUT2D eigenvalue weighted by molar-refractivity contribution is 4.80. The van der Waals surface area contributed by atoms with Crippen molar-refractivity contribution in [3.63, 3.8) is 0 Å². The molecule has 3 atom stereocenters. The van der Waals surface area contributed by atoms with Gasteiger partial charge >= 0.3 is 0 Å². The van der Waals surface area contributed by atoms with Gasteiger partial charge in [-0.3, -0.25) is 0 Å². The van der Waals surface area contributed by atoms with Crippen molar-refractivity contribution in [2.24, 2.45) is 17.6 Å². The van der Waals surface area contributed by atoms with Crippen molar-refractivity contribution < 1.29 is 0 Å². The maximum atomic E-state index is 5.70. The molecule has 3 unspecified atom stereocenters. The minimum absolute atomic E-state index is 0.751. The highest BCUT2D eigenvalue weighted by Crippen LogP contribution is 2.21. The summed E-state index contributed by atoms with van der Waals surface area (Å²) in [6.07, 6.45) is 3.95. The van der Waals surface area contributed by atoms with Crippen molar-refractivity contribution >= 4 is 0 Å². The highest BCUT2D eigenvalue weighted by atomic mass is 15.2. The van der Waals surface area contributed by atoms with E-state index in [0.29, 0.717) is 0 Å². The number of likely N-dealkylation sites (tertiary alicyclic amines) is 1. The Bertz CT molecular complexity index is 158. The van der Waals surface area contributed by atoms with Gasteiger partial charge in [0.15, 0.2) is 0 Å². The van der Waals surface area contributed by atoms with E-state index in [1.807, 2.05) is 0 Å². The van der Waals surface area contributed by atoms with Crippen molar-refractivity contribution in [3.8, 4) is 0 Å². The molecule has 1 saturated heterocycles. The molecule has 1 rings (SSSR count). The Hall–Kier alpha value is -0.0800. The van der Waals surface area contributed by atoms with Crippen LogP contribution >= 0.6 is 0 Å². The van der Waals surface area contributed by atoms with Gasteiger partial charge in [0.1, 0.15) is 0 Å². The Balaban J connectivity index is 2.28. The summed E-state index contributed by atoms with van der Waals surface area (Å²) in [4.78, 5) is 2.61. The summed E-state index contributed by atoms with van der Waals surface area (Å²) < 4.78 is 0. The van der Waals surface area contributed by atoms with E-state index in [9.17, 15) is 0 Å². The smallest absolute Gasteiger partial charge is 0.00695 e. The first-order valence-corrected chi connectivity index (χ1v) is 6.11. The largest absolute Gasteiger partial charge is 0.330 e. The molecule has 0 aromatic heterocycles. The standard InChI is InChI=1S/C12H26N2/c1-4-10(2)7-11(3)14-6-5-12(8-13)9-14/h10-12H,4-9,13H2,1-3H3. The van der Waals surface area contributed by atoms with Gasteiger partial charge in [-0.15, -0.1) is 0 Å². The Morgan fingerprint density at radius 3 is 2.64 bits per heavy atom. The summed E-state index contributed by atoms with van der Waals surface area (Å²) in [7, 11) is 0. The van der Waals surface area contributed by atoms with Crippen LogP contribution in [0.15, 0.2) is 0 Å². The second-order valence-electron chi connectivity index (χ2n) is 4.98. The lowest BCUT2D eigenvalue weighted by atomic mass is 9.99. The third-order valence-electron chi connectivity index (χ3n) is 3.71. The van der Waals surface area contributed by atoms with Crippen LogP contribution in [-0.2, 0) is 0 Å². The molecule has 0 radical (unpaired) electrons. The number of nitrogens with zero attached hydrogens (tertiary/aromatic N) is 1. The van der Waals surface area contributed by atoms with E-state index in [0.717, 1.165) is 24.4 Å². The van der Waals surface area contributed by atoms with Crippen LogP contribution < -0.4 is 5.73 Å². The molecule has 0 amide bonds. The summed E-state index contributed by atoms with van der Waals surface area (Å²) in [6.45, 7) is 10.4. The van der Waals surface area contributed by atoms with Crippen molar-refractivity contribution in [3.05, 3.63) is 0 Å². The van der Waals surface area contributed by atoms with Gasteiger partial charge in [-0.25, -0.2) is 0 Å². The molecule has 2 nitrogen and oxygen atoms in total. The van der Waals surface area contributed by atoms with Crippen LogP contribution in [0.5, 0.6) is 0 Å². The Labute approximate surface area is 88.8 Å². The van der Waals surface area contributed by atoms with Crippen LogP contribution in [0.1, 0.15) is 40.0 Å². The monoisotopic (exact) mass is 198 g/mol. The predicted molar refractivity (Wildman–Crippen MR) is 62.3 cm³/mol. The molecule has 0 aromatic carbocycles. The minimum atomic E-state index is 0.751. The van der Waals surface area contributed by atoms with E-state index < -0.39 is 0 Å². The second-order valence-corrected chi connectivity index (χ2v) is 4.98. The highest BCUT2D eigenvalue weighted by Gasteiger charge is 2.25. The third kappa shape index (κ3) is 3.25. The molecule has 2 heteroatoms. The van der Waals surface area contributed by atoms with E-state index >= 15 is 0 Å². The molecule has 1 heterocycles. The summed E-state index contributed by atoms with van der Waals surface area (Å²) in [5.74, 6) is 1.62. The van der Waals surface area contributed by atoms with E-state index in [-0.39, 0.29) is 0 Å². The lowest BCUT2D eigenvalue weighted by Crippen LogP contribution is -2.33. The minimum Gasteiger partial charge on any atom is -0.330 e. The molecule has 0 spiro atoms. The summed E-state index contributed by atoms with van der Waals surface area (Å²) in [5.41, 5.74) is 5.70. The lowest BCUT2D eigenvalue weighted by molar-refractivity contribution is 0.216. The zero-order valence-corrected chi connectivity index (χ0v) is 10.00.